The van der Waals surface area contributed by atoms with E-state index in [1.165, 1.54) is 5.56 Å². The van der Waals surface area contributed by atoms with E-state index in [1.54, 1.807) is 11.8 Å². The Labute approximate surface area is 112 Å². The molecule has 4 heteroatoms. The summed E-state index contributed by atoms with van der Waals surface area (Å²) in [5.41, 5.74) is 2.06. The largest absolute Gasteiger partial charge is 0.392 e. The van der Waals surface area contributed by atoms with Crippen LogP contribution in [0.1, 0.15) is 24.8 Å². The Morgan fingerprint density at radius 3 is 2.67 bits per heavy atom. The van der Waals surface area contributed by atoms with Crippen molar-refractivity contribution >= 4 is 23.4 Å². The molecule has 3 nitrogen and oxygen atoms in total. The lowest BCUT2D eigenvalue weighted by molar-refractivity contribution is -0.122. The molecule has 0 heterocycles. The maximum atomic E-state index is 12.0. The average molecular weight is 265 g/mol. The highest BCUT2D eigenvalue weighted by atomic mass is 32.2. The fourth-order valence-electron chi connectivity index (χ4n) is 2.33. The highest BCUT2D eigenvalue weighted by Gasteiger charge is 2.31. The molecule has 98 valence electrons. The Balaban J connectivity index is 1.94. The molecule has 0 radical (unpaired) electrons. The number of rotatable bonds is 4. The second kappa shape index (κ2) is 6.25. The average Bonchev–Trinajstić information content (AvgIpc) is 2.78. The predicted octanol–water partition coefficient (Wildman–Crippen LogP) is 2.65. The van der Waals surface area contributed by atoms with Gasteiger partial charge in [-0.05, 0) is 43.2 Å². The van der Waals surface area contributed by atoms with E-state index in [9.17, 15) is 9.90 Å². The maximum Gasteiger partial charge on any atom is 0.230 e. The van der Waals surface area contributed by atoms with Crippen molar-refractivity contribution < 1.29 is 9.90 Å². The van der Waals surface area contributed by atoms with Crippen molar-refractivity contribution in [1.82, 2.24) is 0 Å². The van der Waals surface area contributed by atoms with Gasteiger partial charge in [-0.1, -0.05) is 12.1 Å². The van der Waals surface area contributed by atoms with Gasteiger partial charge in [0.05, 0.1) is 12.0 Å². The number of thioether (sulfide) groups is 1. The molecule has 2 N–H and O–H groups in total. The van der Waals surface area contributed by atoms with Gasteiger partial charge in [0.15, 0.2) is 0 Å². The zero-order valence-corrected chi connectivity index (χ0v) is 11.4. The van der Waals surface area contributed by atoms with Crippen molar-refractivity contribution in [1.29, 1.82) is 0 Å². The van der Waals surface area contributed by atoms with Gasteiger partial charge in [-0.15, -0.1) is 0 Å². The van der Waals surface area contributed by atoms with E-state index in [2.05, 4.69) is 11.6 Å². The Kier molecular flexibility index (Phi) is 4.66. The van der Waals surface area contributed by atoms with Gasteiger partial charge in [0.2, 0.25) is 5.91 Å². The fraction of sp³-hybridized carbons (Fsp3) is 0.500. The standard InChI is InChI=1S/C14H19NO2S/c1-18-9-10-5-7-11(8-6-10)15-14(17)12-3-2-4-13(12)16/h5-8,12-13,16H,2-4,9H2,1H3,(H,15,17). The molecular formula is C14H19NO2S. The zero-order chi connectivity index (χ0) is 13.0. The predicted molar refractivity (Wildman–Crippen MR) is 75.6 cm³/mol. The smallest absolute Gasteiger partial charge is 0.230 e. The van der Waals surface area contributed by atoms with Gasteiger partial charge >= 0.3 is 0 Å². The molecule has 0 bridgehead atoms. The fourth-order valence-corrected chi connectivity index (χ4v) is 2.86. The van der Waals surface area contributed by atoms with Crippen molar-refractivity contribution in [3.05, 3.63) is 29.8 Å². The van der Waals surface area contributed by atoms with E-state index in [-0.39, 0.29) is 11.8 Å². The van der Waals surface area contributed by atoms with E-state index >= 15 is 0 Å². The molecule has 1 aliphatic carbocycles. The number of hydrogen-bond acceptors (Lipinski definition) is 3. The molecule has 1 aromatic carbocycles. The second-order valence-corrected chi connectivity index (χ2v) is 5.59. The van der Waals surface area contributed by atoms with Crippen molar-refractivity contribution in [2.24, 2.45) is 5.92 Å². The summed E-state index contributed by atoms with van der Waals surface area (Å²) in [5, 5.41) is 12.6. The molecular weight excluding hydrogens is 246 g/mol. The summed E-state index contributed by atoms with van der Waals surface area (Å²) < 4.78 is 0. The minimum absolute atomic E-state index is 0.0578. The van der Waals surface area contributed by atoms with Gasteiger partial charge in [-0.2, -0.15) is 11.8 Å². The monoisotopic (exact) mass is 265 g/mol. The van der Waals surface area contributed by atoms with E-state index in [4.69, 9.17) is 0 Å². The molecule has 2 rings (SSSR count). The first kappa shape index (κ1) is 13.4. The molecule has 1 amide bonds. The van der Waals surface area contributed by atoms with Crippen LogP contribution < -0.4 is 5.32 Å². The Hall–Kier alpha value is -1.00. The lowest BCUT2D eigenvalue weighted by atomic mass is 10.1. The number of hydrogen-bond donors (Lipinski definition) is 2. The lowest BCUT2D eigenvalue weighted by Gasteiger charge is -2.14. The number of anilines is 1. The zero-order valence-electron chi connectivity index (χ0n) is 10.6. The minimum Gasteiger partial charge on any atom is -0.392 e. The van der Waals surface area contributed by atoms with Crippen LogP contribution in [0.15, 0.2) is 24.3 Å². The molecule has 1 fully saturated rings. The molecule has 1 saturated carbocycles. The van der Waals surface area contributed by atoms with Crippen LogP contribution in [0.4, 0.5) is 5.69 Å². The third-order valence-electron chi connectivity index (χ3n) is 3.35. The van der Waals surface area contributed by atoms with E-state index in [0.717, 1.165) is 30.7 Å². The molecule has 2 unspecified atom stereocenters. The molecule has 0 spiro atoms. The van der Waals surface area contributed by atoms with Crippen molar-refractivity contribution in [2.45, 2.75) is 31.1 Å². The topological polar surface area (TPSA) is 49.3 Å². The molecule has 0 aromatic heterocycles. The van der Waals surface area contributed by atoms with Gasteiger partial charge in [-0.25, -0.2) is 0 Å². The molecule has 1 aliphatic rings. The van der Waals surface area contributed by atoms with Gasteiger partial charge < -0.3 is 10.4 Å². The summed E-state index contributed by atoms with van der Waals surface area (Å²) in [6.45, 7) is 0. The first-order valence-electron chi connectivity index (χ1n) is 6.27. The number of aliphatic hydroxyl groups excluding tert-OH is 1. The van der Waals surface area contributed by atoms with Crippen molar-refractivity contribution in [3.8, 4) is 0 Å². The van der Waals surface area contributed by atoms with Crippen LogP contribution in [0, 0.1) is 5.92 Å². The number of carbonyl (C=O) groups is 1. The number of carbonyl (C=O) groups excluding carboxylic acids is 1. The molecule has 1 aromatic rings. The molecule has 2 atom stereocenters. The first-order chi connectivity index (χ1) is 8.70. The molecule has 18 heavy (non-hydrogen) atoms. The quantitative estimate of drug-likeness (QED) is 0.880. The van der Waals surface area contributed by atoms with Gasteiger partial charge in [-0.3, -0.25) is 4.79 Å². The van der Waals surface area contributed by atoms with Crippen LogP contribution in [-0.4, -0.2) is 23.4 Å². The van der Waals surface area contributed by atoms with Crippen LogP contribution in [0.25, 0.3) is 0 Å². The van der Waals surface area contributed by atoms with Crippen LogP contribution in [0.5, 0.6) is 0 Å². The Bertz CT molecular complexity index is 405. The van der Waals surface area contributed by atoms with Crippen molar-refractivity contribution in [3.63, 3.8) is 0 Å². The summed E-state index contributed by atoms with van der Waals surface area (Å²) in [6, 6.07) is 7.89. The first-order valence-corrected chi connectivity index (χ1v) is 7.67. The molecule has 0 aliphatic heterocycles. The van der Waals surface area contributed by atoms with Crippen LogP contribution in [0.2, 0.25) is 0 Å². The Morgan fingerprint density at radius 1 is 1.39 bits per heavy atom. The third kappa shape index (κ3) is 3.27. The Morgan fingerprint density at radius 2 is 2.11 bits per heavy atom. The molecule has 0 saturated heterocycles. The van der Waals surface area contributed by atoms with E-state index in [0.29, 0.717) is 0 Å². The van der Waals surface area contributed by atoms with Gasteiger partial charge in [0.25, 0.3) is 0 Å². The number of amides is 1. The maximum absolute atomic E-state index is 12.0. The van der Waals surface area contributed by atoms with Crippen LogP contribution in [-0.2, 0) is 10.5 Å². The SMILES string of the molecule is CSCc1ccc(NC(=O)C2CCCC2O)cc1. The summed E-state index contributed by atoms with van der Waals surface area (Å²) in [6.07, 6.45) is 4.06. The van der Waals surface area contributed by atoms with Crippen LogP contribution >= 0.6 is 11.8 Å². The summed E-state index contributed by atoms with van der Waals surface area (Å²) in [7, 11) is 0. The summed E-state index contributed by atoms with van der Waals surface area (Å²) in [4.78, 5) is 12.0. The van der Waals surface area contributed by atoms with E-state index in [1.807, 2.05) is 24.3 Å². The number of nitrogens with one attached hydrogen (secondary N) is 1. The highest BCUT2D eigenvalue weighted by molar-refractivity contribution is 7.97. The number of aliphatic hydroxyl groups is 1. The van der Waals surface area contributed by atoms with E-state index < -0.39 is 6.10 Å². The minimum atomic E-state index is -0.472. The van der Waals surface area contributed by atoms with Crippen molar-refractivity contribution in [2.75, 3.05) is 11.6 Å². The second-order valence-electron chi connectivity index (χ2n) is 4.72. The summed E-state index contributed by atoms with van der Waals surface area (Å²) in [5.74, 6) is 0.684. The summed E-state index contributed by atoms with van der Waals surface area (Å²) >= 11 is 1.77. The highest BCUT2D eigenvalue weighted by Crippen LogP contribution is 2.26. The van der Waals surface area contributed by atoms with Crippen LogP contribution in [0.3, 0.4) is 0 Å². The normalized spacial score (nSPS) is 23.0. The number of benzene rings is 1. The lowest BCUT2D eigenvalue weighted by Crippen LogP contribution is -2.28. The third-order valence-corrected chi connectivity index (χ3v) is 3.97. The van der Waals surface area contributed by atoms with Gasteiger partial charge in [0, 0.05) is 11.4 Å². The van der Waals surface area contributed by atoms with Gasteiger partial charge in [0.1, 0.15) is 0 Å².